The Hall–Kier alpha value is -6.50. The molecule has 6 N–H and O–H groups in total. The molecule has 6 unspecified atom stereocenters. The maximum Gasteiger partial charge on any atom is 0.310 e. The molecule has 584 valence electrons. The summed E-state index contributed by atoms with van der Waals surface area (Å²) >= 11 is 3.48. The van der Waals surface area contributed by atoms with E-state index >= 15 is 0 Å². The van der Waals surface area contributed by atoms with Gasteiger partial charge in [-0.05, 0) is 43.9 Å². The van der Waals surface area contributed by atoms with Crippen molar-refractivity contribution < 1.29 is 96.2 Å². The van der Waals surface area contributed by atoms with E-state index in [0.717, 1.165) is 35.9 Å². The molecule has 0 spiro atoms. The van der Waals surface area contributed by atoms with Crippen molar-refractivity contribution in [2.45, 2.75) is 82.8 Å². The SMILES string of the molecule is C=CCN(CCCSCCN(CCC(=O)NCCN1CC(C(=O)OC)CC1=O)CCC(=O)NCCN1CC(C(=O)OC)CC1=O)CC(O)COCCCOCC(O)CN(CC=C)CCCSCCN(CCC(=O)NCCN1CC(C(=O)OC)CC1=O)CCC(=O)NCCN1CC(C(=O)OC)CC1=O. The van der Waals surface area contributed by atoms with E-state index in [0.29, 0.717) is 98.2 Å². The second-order valence-electron chi connectivity index (χ2n) is 26.0. The van der Waals surface area contributed by atoms with Gasteiger partial charge >= 0.3 is 23.9 Å². The first kappa shape index (κ1) is 88.9. The number of rotatable bonds is 58. The normalized spacial score (nSPS) is 18.1. The number of aliphatic hydroxyl groups is 2. The van der Waals surface area contributed by atoms with E-state index in [4.69, 9.17) is 28.4 Å². The summed E-state index contributed by atoms with van der Waals surface area (Å²) in [5.74, 6) is -2.25. The monoisotopic (exact) mass is 1500 g/mol. The van der Waals surface area contributed by atoms with Crippen LogP contribution in [0, 0.1) is 23.7 Å². The Balaban J connectivity index is 1.09. The molecule has 4 rings (SSSR count). The lowest BCUT2D eigenvalue weighted by Crippen LogP contribution is -2.39. The van der Waals surface area contributed by atoms with Crippen LogP contribution in [0.1, 0.15) is 70.6 Å². The molecule has 4 aliphatic rings. The van der Waals surface area contributed by atoms with Gasteiger partial charge in [-0.1, -0.05) is 12.2 Å². The number of aliphatic hydroxyl groups excluding tert-OH is 2. The van der Waals surface area contributed by atoms with Crippen LogP contribution in [0.5, 0.6) is 0 Å². The number of nitrogens with one attached hydrogen (secondary N) is 4. The van der Waals surface area contributed by atoms with Crippen molar-refractivity contribution >= 4 is 94.7 Å². The molecule has 0 saturated carbocycles. The van der Waals surface area contributed by atoms with Gasteiger partial charge in [-0.25, -0.2) is 0 Å². The minimum absolute atomic E-state index is 0.0765. The van der Waals surface area contributed by atoms with Gasteiger partial charge in [0.25, 0.3) is 0 Å². The summed E-state index contributed by atoms with van der Waals surface area (Å²) in [4.78, 5) is 164. The van der Waals surface area contributed by atoms with Crippen molar-refractivity contribution in [1.29, 1.82) is 0 Å². The van der Waals surface area contributed by atoms with E-state index in [2.05, 4.69) is 54.0 Å². The van der Waals surface area contributed by atoms with Gasteiger partial charge < -0.3 is 89.3 Å². The highest BCUT2D eigenvalue weighted by molar-refractivity contribution is 7.99. The standard InChI is InChI=1S/C69H116N12O20S2/c1-7-20-76(22-9-36-102-38-32-74(24-12-58(84)70-16-28-78-44-52(40-62(78)88)66(92)96-3)25-13-59(85)71-17-29-79-45-53(41-63(79)89)67(93)97-4)48-56(82)50-100-34-11-35-101-51-57(83)49-77(21-8-2)23-10-37-103-39-33-75(26-14-60(86)72-18-30-80-46-54(42-64(80)90)68(94)98-5)27-15-61(87)73-19-31-81-47-55(43-65(81)91)69(95)99-6/h7-8,52-57,82-83H,1-2,9-51H2,3-6H3,(H,70,84)(H,71,85)(H,72,86)(H,73,87). The van der Waals surface area contributed by atoms with Crippen LogP contribution in [-0.2, 0) is 86.0 Å². The van der Waals surface area contributed by atoms with Crippen LogP contribution >= 0.6 is 23.5 Å². The number of nitrogens with zero attached hydrogens (tertiary/aromatic N) is 8. The number of hydrogen-bond acceptors (Lipinski definition) is 26. The summed E-state index contributed by atoms with van der Waals surface area (Å²) in [6, 6.07) is 0. The predicted molar refractivity (Wildman–Crippen MR) is 386 cm³/mol. The Bertz CT molecular complexity index is 2390. The Kier molecular flexibility index (Phi) is 44.6. The first-order chi connectivity index (χ1) is 49.6. The molecule has 6 atom stereocenters. The number of thioether (sulfide) groups is 2. The molecule has 34 heteroatoms. The molecular weight excluding hydrogens is 1380 g/mol. The minimum atomic E-state index is -0.737. The molecule has 0 aromatic rings. The van der Waals surface area contributed by atoms with Gasteiger partial charge in [-0.15, -0.1) is 13.2 Å². The third-order valence-corrected chi connectivity index (χ3v) is 20.1. The van der Waals surface area contributed by atoms with E-state index in [9.17, 15) is 67.7 Å². The number of amides is 8. The molecule has 4 aliphatic heterocycles. The fourth-order valence-corrected chi connectivity index (χ4v) is 14.1. The summed E-state index contributed by atoms with van der Waals surface area (Å²) in [5.41, 5.74) is 0. The zero-order chi connectivity index (χ0) is 75.3. The second-order valence-corrected chi connectivity index (χ2v) is 28.4. The number of hydrogen-bond donors (Lipinski definition) is 6. The average molecular weight is 1500 g/mol. The third kappa shape index (κ3) is 36.4. The Morgan fingerprint density at radius 1 is 0.437 bits per heavy atom. The van der Waals surface area contributed by atoms with Crippen molar-refractivity contribution in [2.75, 3.05) is 235 Å². The summed E-state index contributed by atoms with van der Waals surface area (Å²) in [7, 11) is 5.14. The van der Waals surface area contributed by atoms with Crippen molar-refractivity contribution in [3.05, 3.63) is 25.3 Å². The van der Waals surface area contributed by atoms with Crippen molar-refractivity contribution in [2.24, 2.45) is 23.7 Å². The second kappa shape index (κ2) is 51.6. The fraction of sp³-hybridized carbons (Fsp3) is 0.768. The quantitative estimate of drug-likeness (QED) is 0.0167. The maximum atomic E-state index is 13.0. The fourth-order valence-electron chi connectivity index (χ4n) is 12.3. The van der Waals surface area contributed by atoms with Crippen LogP contribution in [-0.4, -0.2) is 368 Å². The van der Waals surface area contributed by atoms with E-state index in [1.165, 1.54) is 28.4 Å². The molecule has 4 fully saturated rings. The van der Waals surface area contributed by atoms with Crippen molar-refractivity contribution in [1.82, 2.24) is 60.5 Å². The molecule has 103 heavy (non-hydrogen) atoms. The highest BCUT2D eigenvalue weighted by atomic mass is 32.2. The molecular formula is C69H116N12O20S2. The zero-order valence-corrected chi connectivity index (χ0v) is 62.7. The van der Waals surface area contributed by atoms with Gasteiger partial charge in [-0.3, -0.25) is 67.3 Å². The lowest BCUT2D eigenvalue weighted by Gasteiger charge is -2.24. The molecule has 8 amide bonds. The molecule has 32 nitrogen and oxygen atoms in total. The number of carbonyl (C=O) groups is 12. The van der Waals surface area contributed by atoms with Crippen LogP contribution in [0.25, 0.3) is 0 Å². The van der Waals surface area contributed by atoms with Crippen LogP contribution < -0.4 is 21.3 Å². The number of esters is 4. The Labute approximate surface area is 615 Å². The van der Waals surface area contributed by atoms with E-state index < -0.39 is 59.8 Å². The van der Waals surface area contributed by atoms with Gasteiger partial charge in [0.05, 0.1) is 77.5 Å². The van der Waals surface area contributed by atoms with Crippen LogP contribution in [0.4, 0.5) is 0 Å². The summed E-state index contributed by atoms with van der Waals surface area (Å²) in [6.45, 7) is 17.8. The highest BCUT2D eigenvalue weighted by Crippen LogP contribution is 2.22. The summed E-state index contributed by atoms with van der Waals surface area (Å²) in [5, 5.41) is 33.2. The average Bonchev–Trinajstić information content (AvgIpc) is 1.75. The van der Waals surface area contributed by atoms with E-state index in [-0.39, 0.29) is 190 Å². The zero-order valence-electron chi connectivity index (χ0n) is 61.1. The van der Waals surface area contributed by atoms with Gasteiger partial charge in [0.1, 0.15) is 0 Å². The van der Waals surface area contributed by atoms with Gasteiger partial charge in [-0.2, -0.15) is 23.5 Å². The Morgan fingerprint density at radius 2 is 0.718 bits per heavy atom. The molecule has 4 heterocycles. The maximum absolute atomic E-state index is 13.0. The van der Waals surface area contributed by atoms with Gasteiger partial charge in [0, 0.05) is 220 Å². The first-order valence-corrected chi connectivity index (χ1v) is 38.2. The van der Waals surface area contributed by atoms with Crippen molar-refractivity contribution in [3.8, 4) is 0 Å². The molecule has 0 radical (unpaired) electrons. The molecule has 0 bridgehead atoms. The lowest BCUT2D eigenvalue weighted by molar-refractivity contribution is -0.145. The largest absolute Gasteiger partial charge is 0.469 e. The molecule has 0 aromatic carbocycles. The van der Waals surface area contributed by atoms with Crippen LogP contribution in [0.3, 0.4) is 0 Å². The lowest BCUT2D eigenvalue weighted by atomic mass is 10.1. The Morgan fingerprint density at radius 3 is 0.981 bits per heavy atom. The number of carbonyl (C=O) groups excluding carboxylic acids is 12. The van der Waals surface area contributed by atoms with E-state index in [1.807, 2.05) is 0 Å². The minimum Gasteiger partial charge on any atom is -0.469 e. The summed E-state index contributed by atoms with van der Waals surface area (Å²) < 4.78 is 30.7. The smallest absolute Gasteiger partial charge is 0.310 e. The molecule has 0 aromatic heterocycles. The number of ether oxygens (including phenoxy) is 6. The first-order valence-electron chi connectivity index (χ1n) is 35.9. The summed E-state index contributed by atoms with van der Waals surface area (Å²) in [6.07, 6.45) is 5.29. The molecule has 0 aliphatic carbocycles. The van der Waals surface area contributed by atoms with E-state index in [1.54, 1.807) is 55.3 Å². The van der Waals surface area contributed by atoms with Gasteiger partial charge in [0.2, 0.25) is 47.3 Å². The third-order valence-electron chi connectivity index (χ3n) is 18.0. The number of likely N-dealkylation sites (tertiary alicyclic amines) is 4. The topological polar surface area (TPSA) is 375 Å². The van der Waals surface area contributed by atoms with Crippen LogP contribution in [0.15, 0.2) is 25.3 Å². The van der Waals surface area contributed by atoms with Crippen molar-refractivity contribution in [3.63, 3.8) is 0 Å². The predicted octanol–water partition coefficient (Wildman–Crippen LogP) is -1.93. The van der Waals surface area contributed by atoms with Crippen LogP contribution in [0.2, 0.25) is 0 Å². The van der Waals surface area contributed by atoms with Gasteiger partial charge in [0.15, 0.2) is 0 Å². The number of methoxy groups -OCH3 is 4. The molecule has 4 saturated heterocycles. The highest BCUT2D eigenvalue weighted by Gasteiger charge is 2.38.